The van der Waals surface area contributed by atoms with E-state index in [1.807, 2.05) is 12.1 Å². The summed E-state index contributed by atoms with van der Waals surface area (Å²) < 4.78 is 34.3. The van der Waals surface area contributed by atoms with Gasteiger partial charge in [-0.2, -0.15) is 0 Å². The lowest BCUT2D eigenvalue weighted by Gasteiger charge is -2.26. The Morgan fingerprint density at radius 2 is 1.93 bits per heavy atom. The summed E-state index contributed by atoms with van der Waals surface area (Å²) >= 11 is 0. The van der Waals surface area contributed by atoms with Gasteiger partial charge in [-0.3, -0.25) is 9.69 Å². The third kappa shape index (κ3) is 4.24. The smallest absolute Gasteiger partial charge is 0.240 e. The molecule has 8 heteroatoms. The fourth-order valence-corrected chi connectivity index (χ4v) is 5.50. The van der Waals surface area contributed by atoms with Crippen LogP contribution in [0.5, 0.6) is 0 Å². The number of carbonyl (C=O) groups is 1. The fraction of sp³-hybridized carbons (Fsp3) is 0.476. The third-order valence-corrected chi connectivity index (χ3v) is 7.34. The molecule has 0 radical (unpaired) electrons. The van der Waals surface area contributed by atoms with E-state index < -0.39 is 10.0 Å². The van der Waals surface area contributed by atoms with Crippen LogP contribution in [0.2, 0.25) is 0 Å². The molecule has 1 atom stereocenters. The first kappa shape index (κ1) is 20.1. The van der Waals surface area contributed by atoms with Gasteiger partial charge in [0.1, 0.15) is 5.76 Å². The number of anilines is 1. The topological polar surface area (TPSA) is 82.9 Å². The summed E-state index contributed by atoms with van der Waals surface area (Å²) in [5, 5.41) is 0. The minimum atomic E-state index is -3.68. The molecule has 0 saturated carbocycles. The van der Waals surface area contributed by atoms with Gasteiger partial charge in [0.05, 0.1) is 17.2 Å². The molecule has 2 aliphatic rings. The lowest BCUT2D eigenvalue weighted by molar-refractivity contribution is -0.117. The summed E-state index contributed by atoms with van der Waals surface area (Å²) in [4.78, 5) is 16.2. The summed E-state index contributed by atoms with van der Waals surface area (Å²) in [7, 11) is -3.68. The van der Waals surface area contributed by atoms with Crippen LogP contribution in [0.15, 0.2) is 45.9 Å². The summed E-state index contributed by atoms with van der Waals surface area (Å²) in [6.07, 6.45) is 5.23. The average molecular weight is 418 g/mol. The van der Waals surface area contributed by atoms with Crippen LogP contribution < -0.4 is 9.62 Å². The van der Waals surface area contributed by atoms with E-state index in [4.69, 9.17) is 4.42 Å². The van der Waals surface area contributed by atoms with Gasteiger partial charge < -0.3 is 9.32 Å². The van der Waals surface area contributed by atoms with Crippen LogP contribution >= 0.6 is 0 Å². The zero-order valence-electron chi connectivity index (χ0n) is 16.6. The number of hydrogen-bond donors (Lipinski definition) is 1. The van der Waals surface area contributed by atoms with E-state index in [1.54, 1.807) is 36.3 Å². The van der Waals surface area contributed by atoms with Gasteiger partial charge >= 0.3 is 0 Å². The zero-order valence-corrected chi connectivity index (χ0v) is 17.5. The predicted octanol–water partition coefficient (Wildman–Crippen LogP) is 2.83. The Balaban J connectivity index is 1.51. The van der Waals surface area contributed by atoms with Crippen LogP contribution in [0.25, 0.3) is 0 Å². The van der Waals surface area contributed by atoms with Crippen molar-refractivity contribution in [2.75, 3.05) is 31.1 Å². The Hall–Kier alpha value is -2.16. The van der Waals surface area contributed by atoms with Gasteiger partial charge in [-0.25, -0.2) is 13.1 Å². The van der Waals surface area contributed by atoms with E-state index in [9.17, 15) is 13.2 Å². The van der Waals surface area contributed by atoms with E-state index >= 15 is 0 Å². The highest BCUT2D eigenvalue weighted by Crippen LogP contribution is 2.28. The van der Waals surface area contributed by atoms with E-state index in [0.717, 1.165) is 43.8 Å². The van der Waals surface area contributed by atoms with Gasteiger partial charge in [0.2, 0.25) is 15.9 Å². The van der Waals surface area contributed by atoms with Crippen LogP contribution in [0.4, 0.5) is 5.69 Å². The molecular weight excluding hydrogens is 390 g/mol. The fourth-order valence-electron chi connectivity index (χ4n) is 4.23. The Bertz CT molecular complexity index is 966. The summed E-state index contributed by atoms with van der Waals surface area (Å²) in [6.45, 7) is 4.57. The number of amides is 1. The SMILES string of the molecule is Cc1cc(N2CCCC2=O)ccc1S(=O)(=O)NCC(c1ccco1)N1CCCC1. The second kappa shape index (κ2) is 8.30. The summed E-state index contributed by atoms with van der Waals surface area (Å²) in [5.41, 5.74) is 1.39. The lowest BCUT2D eigenvalue weighted by Crippen LogP contribution is -2.36. The van der Waals surface area contributed by atoms with Gasteiger partial charge in [0.15, 0.2) is 0 Å². The van der Waals surface area contributed by atoms with Crippen molar-refractivity contribution in [2.24, 2.45) is 0 Å². The first-order valence-corrected chi connectivity index (χ1v) is 11.6. The number of hydrogen-bond acceptors (Lipinski definition) is 5. The molecule has 2 fully saturated rings. The van der Waals surface area contributed by atoms with Crippen molar-refractivity contribution in [3.63, 3.8) is 0 Å². The maximum Gasteiger partial charge on any atom is 0.240 e. The van der Waals surface area contributed by atoms with E-state index in [-0.39, 0.29) is 23.4 Å². The molecule has 156 valence electrons. The van der Waals surface area contributed by atoms with E-state index in [1.165, 1.54) is 0 Å². The van der Waals surface area contributed by atoms with Crippen molar-refractivity contribution in [3.8, 4) is 0 Å². The first-order chi connectivity index (χ1) is 14.0. The Kier molecular flexibility index (Phi) is 5.76. The van der Waals surface area contributed by atoms with Gasteiger partial charge in [-0.1, -0.05) is 0 Å². The van der Waals surface area contributed by atoms with Crippen LogP contribution in [-0.4, -0.2) is 45.4 Å². The highest BCUT2D eigenvalue weighted by molar-refractivity contribution is 7.89. The van der Waals surface area contributed by atoms with Crippen molar-refractivity contribution in [2.45, 2.75) is 43.5 Å². The van der Waals surface area contributed by atoms with Crippen molar-refractivity contribution in [1.82, 2.24) is 9.62 Å². The van der Waals surface area contributed by atoms with Crippen LogP contribution in [-0.2, 0) is 14.8 Å². The number of rotatable bonds is 7. The normalized spacial score (nSPS) is 19.2. The highest BCUT2D eigenvalue weighted by Gasteiger charge is 2.28. The molecule has 7 nitrogen and oxygen atoms in total. The zero-order chi connectivity index (χ0) is 20.4. The maximum absolute atomic E-state index is 13.0. The molecule has 0 aliphatic carbocycles. The quantitative estimate of drug-likeness (QED) is 0.749. The molecule has 2 saturated heterocycles. The minimum Gasteiger partial charge on any atom is -0.468 e. The van der Waals surface area contributed by atoms with Gasteiger partial charge in [0.25, 0.3) is 0 Å². The first-order valence-electron chi connectivity index (χ1n) is 10.1. The molecular formula is C21H27N3O4S. The number of likely N-dealkylation sites (tertiary alicyclic amines) is 1. The molecule has 1 N–H and O–H groups in total. The molecule has 0 spiro atoms. The largest absolute Gasteiger partial charge is 0.468 e. The number of sulfonamides is 1. The van der Waals surface area contributed by atoms with Gasteiger partial charge in [0, 0.05) is 25.2 Å². The number of furan rings is 1. The monoisotopic (exact) mass is 417 g/mol. The van der Waals surface area contributed by atoms with Crippen LogP contribution in [0.3, 0.4) is 0 Å². The molecule has 1 aromatic heterocycles. The number of nitrogens with one attached hydrogen (secondary N) is 1. The molecule has 0 bridgehead atoms. The van der Waals surface area contributed by atoms with Gasteiger partial charge in [-0.15, -0.1) is 0 Å². The van der Waals surface area contributed by atoms with Crippen molar-refractivity contribution in [1.29, 1.82) is 0 Å². The molecule has 1 aromatic carbocycles. The van der Waals surface area contributed by atoms with Crippen molar-refractivity contribution in [3.05, 3.63) is 47.9 Å². The molecule has 1 amide bonds. The molecule has 2 aliphatic heterocycles. The minimum absolute atomic E-state index is 0.0880. The van der Waals surface area contributed by atoms with Crippen LogP contribution in [0.1, 0.15) is 43.0 Å². The maximum atomic E-state index is 13.0. The van der Waals surface area contributed by atoms with Crippen molar-refractivity contribution < 1.29 is 17.6 Å². The molecule has 4 rings (SSSR count). The number of carbonyl (C=O) groups excluding carboxylic acids is 1. The summed E-state index contributed by atoms with van der Waals surface area (Å²) in [5.74, 6) is 0.860. The standard InChI is InChI=1S/C21H27N3O4S/c1-16-14-17(24-12-4-7-21(24)25)8-9-20(16)29(26,27)22-15-18(19-6-5-13-28-19)23-10-2-3-11-23/h5-6,8-9,13-14,18,22H,2-4,7,10-12,15H2,1H3. The Morgan fingerprint density at radius 1 is 1.14 bits per heavy atom. The predicted molar refractivity (Wildman–Crippen MR) is 110 cm³/mol. The van der Waals surface area contributed by atoms with E-state index in [0.29, 0.717) is 18.5 Å². The summed E-state index contributed by atoms with van der Waals surface area (Å²) in [6, 6.07) is 8.69. The third-order valence-electron chi connectivity index (χ3n) is 5.75. The second-order valence-electron chi connectivity index (χ2n) is 7.72. The number of aryl methyl sites for hydroxylation is 1. The molecule has 1 unspecified atom stereocenters. The Morgan fingerprint density at radius 3 is 2.55 bits per heavy atom. The average Bonchev–Trinajstić information content (AvgIpc) is 3.45. The van der Waals surface area contributed by atoms with Crippen LogP contribution in [0, 0.1) is 6.92 Å². The lowest BCUT2D eigenvalue weighted by atomic mass is 10.2. The highest BCUT2D eigenvalue weighted by atomic mass is 32.2. The molecule has 3 heterocycles. The van der Waals surface area contributed by atoms with E-state index in [2.05, 4.69) is 9.62 Å². The Labute approximate surface area is 171 Å². The molecule has 29 heavy (non-hydrogen) atoms. The number of benzene rings is 1. The van der Waals surface area contributed by atoms with Gasteiger partial charge in [-0.05, 0) is 75.2 Å². The number of nitrogens with zero attached hydrogens (tertiary/aromatic N) is 2. The molecule has 2 aromatic rings. The van der Waals surface area contributed by atoms with Crippen molar-refractivity contribution >= 4 is 21.6 Å². The second-order valence-corrected chi connectivity index (χ2v) is 9.46.